The first-order valence-electron chi connectivity index (χ1n) is 8.93. The van der Waals surface area contributed by atoms with E-state index in [4.69, 9.17) is 4.18 Å². The summed E-state index contributed by atoms with van der Waals surface area (Å²) in [5.74, 6) is -0.0306. The second-order valence-electron chi connectivity index (χ2n) is 8.49. The molecule has 0 N–H and O–H groups in total. The van der Waals surface area contributed by atoms with Gasteiger partial charge in [0, 0.05) is 11.1 Å². The van der Waals surface area contributed by atoms with E-state index in [-0.39, 0.29) is 5.78 Å². The molecule has 6 heteroatoms. The number of ketones is 1. The lowest BCUT2D eigenvalue weighted by atomic mass is 9.53. The van der Waals surface area contributed by atoms with Gasteiger partial charge in [-0.05, 0) is 11.1 Å². The van der Waals surface area contributed by atoms with Crippen LogP contribution in [0.15, 0.2) is 48.5 Å². The fourth-order valence-electron chi connectivity index (χ4n) is 5.58. The van der Waals surface area contributed by atoms with Crippen LogP contribution in [0.2, 0.25) is 0 Å². The van der Waals surface area contributed by atoms with Gasteiger partial charge in [-0.15, -0.1) is 0 Å². The predicted octanol–water partition coefficient (Wildman–Crippen LogP) is 3.64. The lowest BCUT2D eigenvalue weighted by molar-refractivity contribution is -0.153. The van der Waals surface area contributed by atoms with Crippen molar-refractivity contribution in [3.63, 3.8) is 0 Å². The van der Waals surface area contributed by atoms with Gasteiger partial charge in [-0.1, -0.05) is 76.2 Å². The zero-order chi connectivity index (χ0) is 19.4. The molecule has 1 saturated heterocycles. The summed E-state index contributed by atoms with van der Waals surface area (Å²) in [6, 6.07) is 15.3. The second-order valence-corrected chi connectivity index (χ2v) is 11.7. The minimum atomic E-state index is -1.89. The first kappa shape index (κ1) is 17.5. The van der Waals surface area contributed by atoms with Gasteiger partial charge in [-0.3, -0.25) is 13.2 Å². The molecule has 0 bridgehead atoms. The van der Waals surface area contributed by atoms with Crippen molar-refractivity contribution in [1.29, 1.82) is 0 Å². The fraction of sp³-hybridized carbons (Fsp3) is 0.381. The van der Waals surface area contributed by atoms with Crippen molar-refractivity contribution in [2.24, 2.45) is 10.8 Å². The average Bonchev–Trinajstić information content (AvgIpc) is 3.07. The van der Waals surface area contributed by atoms with Gasteiger partial charge in [0.25, 0.3) is 0 Å². The van der Waals surface area contributed by atoms with Crippen molar-refractivity contribution >= 4 is 27.7 Å². The number of carbonyl (C=O) groups excluding carboxylic acids is 1. The van der Waals surface area contributed by atoms with E-state index >= 15 is 0 Å². The maximum absolute atomic E-state index is 14.3. The SMILES string of the molecule is CC1(C)C(=O)C(C)(C)C12S(=O)OC1(c3ccccc3-c3ccccc31)S2=O. The molecule has 1 saturated carbocycles. The molecule has 3 aliphatic rings. The van der Waals surface area contributed by atoms with Gasteiger partial charge in [0.2, 0.25) is 4.93 Å². The van der Waals surface area contributed by atoms with Crippen LogP contribution in [0.4, 0.5) is 0 Å². The third kappa shape index (κ3) is 1.53. The molecule has 0 radical (unpaired) electrons. The Morgan fingerprint density at radius 2 is 1.22 bits per heavy atom. The number of Topliss-reactive ketones (excluding diaryl/α,β-unsaturated/α-hetero) is 1. The van der Waals surface area contributed by atoms with Crippen molar-refractivity contribution in [2.75, 3.05) is 0 Å². The summed E-state index contributed by atoms with van der Waals surface area (Å²) in [7, 11) is -1.73. The van der Waals surface area contributed by atoms with E-state index in [0.29, 0.717) is 0 Å². The third-order valence-corrected chi connectivity index (χ3v) is 12.0. The van der Waals surface area contributed by atoms with Crippen LogP contribution in [0.3, 0.4) is 0 Å². The largest absolute Gasteiger partial charge is 0.298 e. The van der Waals surface area contributed by atoms with Crippen molar-refractivity contribution < 1.29 is 17.4 Å². The smallest absolute Gasteiger partial charge is 0.212 e. The van der Waals surface area contributed by atoms with Crippen LogP contribution in [-0.2, 0) is 35.8 Å². The quantitative estimate of drug-likeness (QED) is 0.677. The van der Waals surface area contributed by atoms with Crippen LogP contribution in [0.25, 0.3) is 11.1 Å². The molecule has 2 atom stereocenters. The predicted molar refractivity (Wildman–Crippen MR) is 105 cm³/mol. The fourth-order valence-corrected chi connectivity index (χ4v) is 10.8. The molecule has 2 aromatic carbocycles. The number of hydrogen-bond donors (Lipinski definition) is 0. The Bertz CT molecular complexity index is 1020. The number of fused-ring (bicyclic) bond motifs is 5. The Labute approximate surface area is 163 Å². The van der Waals surface area contributed by atoms with Gasteiger partial charge < -0.3 is 0 Å². The molecule has 0 aromatic heterocycles. The lowest BCUT2D eigenvalue weighted by Crippen LogP contribution is -2.76. The van der Waals surface area contributed by atoms with Crippen LogP contribution in [0.5, 0.6) is 0 Å². The van der Waals surface area contributed by atoms with Crippen LogP contribution < -0.4 is 0 Å². The summed E-state index contributed by atoms with van der Waals surface area (Å²) in [5.41, 5.74) is 1.42. The van der Waals surface area contributed by atoms with E-state index in [1.54, 1.807) is 27.7 Å². The molecule has 2 unspecified atom stereocenters. The minimum absolute atomic E-state index is 0.0306. The van der Waals surface area contributed by atoms with Gasteiger partial charge in [0.1, 0.15) is 5.78 Å². The zero-order valence-electron chi connectivity index (χ0n) is 15.6. The first-order valence-corrected chi connectivity index (χ1v) is 11.2. The molecule has 5 rings (SSSR count). The van der Waals surface area contributed by atoms with Crippen LogP contribution in [0, 0.1) is 10.8 Å². The summed E-state index contributed by atoms with van der Waals surface area (Å²) in [5, 5.41) is 0. The topological polar surface area (TPSA) is 60.4 Å². The Kier molecular flexibility index (Phi) is 3.14. The Morgan fingerprint density at radius 1 is 0.778 bits per heavy atom. The normalized spacial score (nSPS) is 30.1. The number of rotatable bonds is 0. The van der Waals surface area contributed by atoms with Crippen LogP contribution >= 0.6 is 0 Å². The lowest BCUT2D eigenvalue weighted by Gasteiger charge is -2.60. The summed E-state index contributed by atoms with van der Waals surface area (Å²) < 4.78 is 32.7. The molecule has 2 aliphatic carbocycles. The summed E-state index contributed by atoms with van der Waals surface area (Å²) >= 11 is -1.89. The molecule has 2 fully saturated rings. The van der Waals surface area contributed by atoms with E-state index in [1.165, 1.54) is 0 Å². The number of hydrogen-bond acceptors (Lipinski definition) is 4. The van der Waals surface area contributed by atoms with Gasteiger partial charge in [0.15, 0.2) is 15.2 Å². The summed E-state index contributed by atoms with van der Waals surface area (Å²) in [4.78, 5) is 11.5. The monoisotopic (exact) mass is 400 g/mol. The zero-order valence-corrected chi connectivity index (χ0v) is 17.2. The highest BCUT2D eigenvalue weighted by Crippen LogP contribution is 2.72. The maximum Gasteiger partial charge on any atom is 0.212 e. The standard InChI is InChI=1S/C21H20O4S2/c1-18(2)17(22)19(3,4)21(18)26(23)20(25-27(21)24)15-11-7-5-9-13(15)14-10-6-8-12-16(14)20/h5-12H,1-4H3. The Balaban J connectivity index is 1.86. The van der Waals surface area contributed by atoms with E-state index in [1.807, 2.05) is 48.5 Å². The van der Waals surface area contributed by atoms with Gasteiger partial charge in [-0.2, -0.15) is 0 Å². The number of benzene rings is 2. The molecule has 1 heterocycles. The molecule has 27 heavy (non-hydrogen) atoms. The molecule has 1 aliphatic heterocycles. The number of carbonyl (C=O) groups is 1. The second kappa shape index (κ2) is 4.85. The van der Waals surface area contributed by atoms with Gasteiger partial charge in [0.05, 0.1) is 21.6 Å². The van der Waals surface area contributed by atoms with E-state index < -0.39 is 41.7 Å². The molecule has 4 nitrogen and oxygen atoms in total. The van der Waals surface area contributed by atoms with Gasteiger partial charge >= 0.3 is 0 Å². The summed E-state index contributed by atoms with van der Waals surface area (Å²) in [6.45, 7) is 6.97. The van der Waals surface area contributed by atoms with Crippen molar-refractivity contribution in [2.45, 2.75) is 36.7 Å². The third-order valence-electron chi connectivity index (χ3n) is 6.58. The maximum atomic E-state index is 14.3. The molecular weight excluding hydrogens is 380 g/mol. The van der Waals surface area contributed by atoms with Crippen molar-refractivity contribution in [3.05, 3.63) is 59.7 Å². The molecular formula is C21H20O4S2. The van der Waals surface area contributed by atoms with E-state index in [2.05, 4.69) is 0 Å². The molecule has 140 valence electrons. The highest BCUT2D eigenvalue weighted by atomic mass is 32.3. The highest BCUT2D eigenvalue weighted by Gasteiger charge is 2.86. The summed E-state index contributed by atoms with van der Waals surface area (Å²) in [6.07, 6.45) is 0. The minimum Gasteiger partial charge on any atom is -0.298 e. The average molecular weight is 401 g/mol. The van der Waals surface area contributed by atoms with Crippen molar-refractivity contribution in [1.82, 2.24) is 0 Å². The van der Waals surface area contributed by atoms with E-state index in [0.717, 1.165) is 22.3 Å². The first-order chi connectivity index (χ1) is 12.6. The van der Waals surface area contributed by atoms with E-state index in [9.17, 15) is 13.2 Å². The van der Waals surface area contributed by atoms with Crippen molar-refractivity contribution in [3.8, 4) is 11.1 Å². The Morgan fingerprint density at radius 3 is 1.70 bits per heavy atom. The molecule has 0 amide bonds. The molecule has 2 aromatic rings. The van der Waals surface area contributed by atoms with Gasteiger partial charge in [-0.25, -0.2) is 4.21 Å². The highest BCUT2D eigenvalue weighted by molar-refractivity contribution is 8.05. The van der Waals surface area contributed by atoms with Crippen LogP contribution in [0.1, 0.15) is 38.8 Å². The molecule has 2 spiro atoms. The van der Waals surface area contributed by atoms with Crippen LogP contribution in [-0.4, -0.2) is 18.3 Å². The Hall–Kier alpha value is -1.63.